The van der Waals surface area contributed by atoms with Gasteiger partial charge < -0.3 is 26.8 Å². The van der Waals surface area contributed by atoms with E-state index in [4.69, 9.17) is 41.6 Å². The molecule has 0 heterocycles. The first kappa shape index (κ1) is 22.8. The molecule has 0 aromatic carbocycles. The Morgan fingerprint density at radius 3 is 1.75 bits per heavy atom. The van der Waals surface area contributed by atoms with Gasteiger partial charge in [0.1, 0.15) is 6.04 Å². The summed E-state index contributed by atoms with van der Waals surface area (Å²) < 4.78 is 0. The monoisotopic (exact) mass is 296 g/mol. The van der Waals surface area contributed by atoms with Crippen molar-refractivity contribution in [1.82, 2.24) is 5.48 Å². The number of nitrogens with zero attached hydrogens (tertiary/aromatic N) is 1. The number of nitrogens with one attached hydrogen (secondary N) is 1. The Kier molecular flexibility index (Phi) is 16.7. The van der Waals surface area contributed by atoms with Crippen molar-refractivity contribution < 1.29 is 34.9 Å². The summed E-state index contributed by atoms with van der Waals surface area (Å²) >= 11 is 0. The van der Waals surface area contributed by atoms with Gasteiger partial charge in [-0.05, 0) is 6.42 Å². The molecule has 0 aliphatic heterocycles. The lowest BCUT2D eigenvalue weighted by Crippen LogP contribution is -2.32. The number of aliphatic carboxylic acids is 3. The van der Waals surface area contributed by atoms with Gasteiger partial charge in [0.25, 0.3) is 11.9 Å². The Morgan fingerprint density at radius 1 is 1.15 bits per heavy atom. The van der Waals surface area contributed by atoms with E-state index in [0.717, 1.165) is 13.8 Å². The zero-order chi connectivity index (χ0) is 16.7. The summed E-state index contributed by atoms with van der Waals surface area (Å²) in [5, 5.41) is 31.3. The molecule has 11 nitrogen and oxygen atoms in total. The van der Waals surface area contributed by atoms with Gasteiger partial charge in [0.15, 0.2) is 0 Å². The predicted octanol–water partition coefficient (Wildman–Crippen LogP) is -1.74. The standard InChI is InChI=1S/C5H12N4O3.2C2H4O2/c6-3(4(10)11)1-2-8-5(7)9-12;2*1-2(3)4/h3,12H,1-2,6H2,(H,10,11)(H3,7,8,9);2*1H3,(H,3,4)/t3-;;/m0../s1. The van der Waals surface area contributed by atoms with E-state index in [9.17, 15) is 4.79 Å². The highest BCUT2D eigenvalue weighted by Gasteiger charge is 2.09. The van der Waals surface area contributed by atoms with Crippen LogP contribution in [0, 0.1) is 0 Å². The van der Waals surface area contributed by atoms with Gasteiger partial charge in [-0.2, -0.15) is 0 Å². The molecular weight excluding hydrogens is 276 g/mol. The van der Waals surface area contributed by atoms with E-state index in [0.29, 0.717) is 0 Å². The van der Waals surface area contributed by atoms with Crippen LogP contribution in [-0.4, -0.2) is 57.0 Å². The predicted molar refractivity (Wildman–Crippen MR) is 68.3 cm³/mol. The number of guanidine groups is 1. The summed E-state index contributed by atoms with van der Waals surface area (Å²) in [6, 6.07) is -0.944. The van der Waals surface area contributed by atoms with Crippen molar-refractivity contribution in [3.63, 3.8) is 0 Å². The van der Waals surface area contributed by atoms with Crippen LogP contribution in [0.15, 0.2) is 4.99 Å². The quantitative estimate of drug-likeness (QED) is 0.177. The van der Waals surface area contributed by atoms with Crippen molar-refractivity contribution in [3.8, 4) is 0 Å². The highest BCUT2D eigenvalue weighted by molar-refractivity contribution is 5.76. The molecule has 9 N–H and O–H groups in total. The maximum atomic E-state index is 10.2. The molecule has 0 rings (SSSR count). The second-order valence-electron chi connectivity index (χ2n) is 3.15. The van der Waals surface area contributed by atoms with Crippen LogP contribution in [0.3, 0.4) is 0 Å². The number of aliphatic imine (C=N–C) groups is 1. The smallest absolute Gasteiger partial charge is 0.320 e. The van der Waals surface area contributed by atoms with E-state index < -0.39 is 23.9 Å². The van der Waals surface area contributed by atoms with Crippen LogP contribution >= 0.6 is 0 Å². The molecule has 11 heteroatoms. The van der Waals surface area contributed by atoms with Gasteiger partial charge in [-0.15, -0.1) is 0 Å². The number of carbonyl (C=O) groups is 3. The summed E-state index contributed by atoms with van der Waals surface area (Å²) in [4.78, 5) is 31.7. The molecule has 0 fully saturated rings. The number of hydrogen-bond acceptors (Lipinski definition) is 6. The lowest BCUT2D eigenvalue weighted by molar-refractivity contribution is -0.138. The third-order valence-corrected chi connectivity index (χ3v) is 1.15. The van der Waals surface area contributed by atoms with E-state index in [1.165, 1.54) is 0 Å². The molecule has 0 aliphatic carbocycles. The Balaban J connectivity index is -0.000000297. The molecule has 20 heavy (non-hydrogen) atoms. The summed E-state index contributed by atoms with van der Waals surface area (Å²) in [5.41, 5.74) is 11.8. The van der Waals surface area contributed by atoms with Crippen LogP contribution in [0.2, 0.25) is 0 Å². The SMILES string of the molecule is CC(=O)O.CC(=O)O.NC(=NCC[C@H](N)C(=O)O)NO. The number of carboxylic acid groups (broad SMARTS) is 3. The molecule has 0 bridgehead atoms. The average molecular weight is 296 g/mol. The molecule has 0 saturated carbocycles. The minimum atomic E-state index is -1.08. The normalized spacial score (nSPS) is 10.9. The number of carboxylic acids is 3. The third-order valence-electron chi connectivity index (χ3n) is 1.15. The zero-order valence-corrected chi connectivity index (χ0v) is 11.1. The summed E-state index contributed by atoms with van der Waals surface area (Å²) in [5.74, 6) is -2.91. The molecule has 118 valence electrons. The summed E-state index contributed by atoms with van der Waals surface area (Å²) in [6.07, 6.45) is 0.178. The van der Waals surface area contributed by atoms with E-state index in [1.807, 2.05) is 0 Å². The molecule has 0 radical (unpaired) electrons. The van der Waals surface area contributed by atoms with E-state index in [-0.39, 0.29) is 18.9 Å². The molecule has 0 aromatic heterocycles. The first-order chi connectivity index (χ1) is 9.04. The van der Waals surface area contributed by atoms with Crippen LogP contribution in [-0.2, 0) is 14.4 Å². The van der Waals surface area contributed by atoms with Gasteiger partial charge in [-0.25, -0.2) is 5.48 Å². The molecule has 1 atom stereocenters. The van der Waals surface area contributed by atoms with Crippen LogP contribution in [0.25, 0.3) is 0 Å². The second kappa shape index (κ2) is 14.7. The first-order valence-electron chi connectivity index (χ1n) is 5.12. The maximum Gasteiger partial charge on any atom is 0.320 e. The third kappa shape index (κ3) is 36.1. The van der Waals surface area contributed by atoms with E-state index >= 15 is 0 Å². The van der Waals surface area contributed by atoms with Crippen LogP contribution in [0.4, 0.5) is 0 Å². The van der Waals surface area contributed by atoms with Gasteiger partial charge in [0.05, 0.1) is 0 Å². The van der Waals surface area contributed by atoms with E-state index in [2.05, 4.69) is 4.99 Å². The summed E-state index contributed by atoms with van der Waals surface area (Å²) in [7, 11) is 0. The highest BCUT2D eigenvalue weighted by Crippen LogP contribution is 1.88. The van der Waals surface area contributed by atoms with Gasteiger partial charge in [-0.1, -0.05) is 0 Å². The van der Waals surface area contributed by atoms with Crippen LogP contribution < -0.4 is 16.9 Å². The average Bonchev–Trinajstić information content (AvgIpc) is 2.26. The second-order valence-corrected chi connectivity index (χ2v) is 3.15. The Hall–Kier alpha value is -2.40. The van der Waals surface area contributed by atoms with Crippen molar-refractivity contribution in [1.29, 1.82) is 0 Å². The Morgan fingerprint density at radius 2 is 1.50 bits per heavy atom. The number of nitrogens with two attached hydrogens (primary N) is 2. The molecule has 0 saturated heterocycles. The Labute approximate surface area is 114 Å². The number of hydroxylamine groups is 1. The fraction of sp³-hybridized carbons (Fsp3) is 0.556. The lowest BCUT2D eigenvalue weighted by atomic mass is 10.2. The number of rotatable bonds is 4. The summed E-state index contributed by atoms with van der Waals surface area (Å²) in [6.45, 7) is 2.33. The fourth-order valence-electron chi connectivity index (χ4n) is 0.483. The zero-order valence-electron chi connectivity index (χ0n) is 11.1. The molecule has 0 aromatic rings. The number of hydrogen-bond donors (Lipinski definition) is 7. The van der Waals surface area contributed by atoms with Crippen molar-refractivity contribution in [2.45, 2.75) is 26.3 Å². The maximum absolute atomic E-state index is 10.2. The molecule has 0 unspecified atom stereocenters. The molecule has 0 spiro atoms. The Bertz CT molecular complexity index is 312. The first-order valence-corrected chi connectivity index (χ1v) is 5.12. The van der Waals surface area contributed by atoms with Crippen molar-refractivity contribution in [3.05, 3.63) is 0 Å². The van der Waals surface area contributed by atoms with Gasteiger partial charge in [0, 0.05) is 20.4 Å². The van der Waals surface area contributed by atoms with Crippen molar-refractivity contribution >= 4 is 23.9 Å². The lowest BCUT2D eigenvalue weighted by Gasteiger charge is -2.03. The minimum Gasteiger partial charge on any atom is -0.481 e. The van der Waals surface area contributed by atoms with Gasteiger partial charge in [-0.3, -0.25) is 24.6 Å². The van der Waals surface area contributed by atoms with E-state index in [1.54, 1.807) is 5.48 Å². The van der Waals surface area contributed by atoms with Crippen molar-refractivity contribution in [2.24, 2.45) is 16.5 Å². The largest absolute Gasteiger partial charge is 0.481 e. The fourth-order valence-corrected chi connectivity index (χ4v) is 0.483. The topological polar surface area (TPSA) is 209 Å². The minimum absolute atomic E-state index is 0.160. The molecule has 0 amide bonds. The molecule has 0 aliphatic rings. The molecular formula is C9H20N4O7. The van der Waals surface area contributed by atoms with Gasteiger partial charge >= 0.3 is 5.97 Å². The van der Waals surface area contributed by atoms with Crippen LogP contribution in [0.5, 0.6) is 0 Å². The highest BCUT2D eigenvalue weighted by atomic mass is 16.5. The van der Waals surface area contributed by atoms with Crippen LogP contribution in [0.1, 0.15) is 20.3 Å². The van der Waals surface area contributed by atoms with Gasteiger partial charge in [0.2, 0.25) is 5.96 Å². The van der Waals surface area contributed by atoms with Crippen molar-refractivity contribution in [2.75, 3.05) is 6.54 Å².